The van der Waals surface area contributed by atoms with Crippen LogP contribution in [0.4, 0.5) is 10.2 Å². The smallest absolute Gasteiger partial charge is 0.224 e. The number of thiocarbonyl (C=S) groups is 1. The Morgan fingerprint density at radius 3 is 2.67 bits per heavy atom. The number of aromatic nitrogens is 2. The highest BCUT2D eigenvalue weighted by molar-refractivity contribution is 7.80. The number of anilines is 1. The van der Waals surface area contributed by atoms with Crippen molar-refractivity contribution >= 4 is 33.8 Å². The zero-order chi connectivity index (χ0) is 16.7. The van der Waals surface area contributed by atoms with Gasteiger partial charge in [-0.1, -0.05) is 12.2 Å². The maximum Gasteiger partial charge on any atom is 0.224 e. The minimum atomic E-state index is -0.503. The highest BCUT2D eigenvalue weighted by atomic mass is 32.1. The number of H-pyrrole nitrogens is 1. The van der Waals surface area contributed by atoms with Crippen LogP contribution in [0, 0.1) is 5.95 Å². The molecule has 0 atom stereocenters. The lowest BCUT2D eigenvalue weighted by molar-refractivity contribution is 0.476. The number of halogens is 1. The first-order chi connectivity index (χ1) is 11.6. The molecule has 4 rings (SSSR count). The van der Waals surface area contributed by atoms with Crippen LogP contribution in [0.5, 0.6) is 5.75 Å². The molecule has 0 spiro atoms. The normalized spacial score (nSPS) is 15.2. The molecule has 1 aromatic carbocycles. The highest BCUT2D eigenvalue weighted by Crippen LogP contribution is 2.29. The lowest BCUT2D eigenvalue weighted by Gasteiger charge is -2.28. The molecule has 24 heavy (non-hydrogen) atoms. The third-order valence-corrected chi connectivity index (χ3v) is 4.78. The van der Waals surface area contributed by atoms with Gasteiger partial charge in [-0.25, -0.2) is 4.98 Å². The maximum atomic E-state index is 14.5. The Kier molecular flexibility index (Phi) is 3.69. The Hall–Kier alpha value is -2.47. The van der Waals surface area contributed by atoms with Gasteiger partial charge in [0.2, 0.25) is 5.95 Å². The second kappa shape index (κ2) is 5.87. The number of aromatic hydroxyl groups is 1. The fourth-order valence-corrected chi connectivity index (χ4v) is 3.23. The quantitative estimate of drug-likeness (QED) is 0.545. The van der Waals surface area contributed by atoms with Crippen LogP contribution >= 0.6 is 12.2 Å². The fourth-order valence-electron chi connectivity index (χ4n) is 3.05. The van der Waals surface area contributed by atoms with Gasteiger partial charge < -0.3 is 15.0 Å². The molecule has 0 unspecified atom stereocenters. The molecule has 0 radical (unpaired) electrons. The number of phenols is 1. The molecule has 6 heteroatoms. The van der Waals surface area contributed by atoms with Gasteiger partial charge in [0.05, 0.1) is 11.3 Å². The summed E-state index contributed by atoms with van der Waals surface area (Å²) < 4.78 is 14.5. The van der Waals surface area contributed by atoms with E-state index >= 15 is 0 Å². The molecule has 3 heterocycles. The fraction of sp³-hybridized carbons (Fsp3) is 0.222. The summed E-state index contributed by atoms with van der Waals surface area (Å²) in [6.45, 7) is 1.58. The van der Waals surface area contributed by atoms with Crippen molar-refractivity contribution in [3.63, 3.8) is 0 Å². The first kappa shape index (κ1) is 15.1. The molecule has 122 valence electrons. The molecule has 1 saturated heterocycles. The maximum absolute atomic E-state index is 14.5. The number of pyridine rings is 1. The van der Waals surface area contributed by atoms with Crippen LogP contribution in [-0.2, 0) is 0 Å². The van der Waals surface area contributed by atoms with E-state index in [4.69, 9.17) is 12.2 Å². The second-order valence-electron chi connectivity index (χ2n) is 5.99. The SMILES string of the molecule is Oc1ccc2[nH]c(-c3ccc(N4CCC(=S)CC4)nc3F)cc2c1. The number of phenolic OH excluding ortho intramolecular Hbond substituents is 1. The summed E-state index contributed by atoms with van der Waals surface area (Å²) in [5, 5.41) is 10.4. The molecule has 1 aliphatic heterocycles. The number of fused-ring (bicyclic) bond motifs is 1. The Morgan fingerprint density at radius 1 is 1.12 bits per heavy atom. The Labute approximate surface area is 143 Å². The predicted molar refractivity (Wildman–Crippen MR) is 97.2 cm³/mol. The van der Waals surface area contributed by atoms with Gasteiger partial charge in [-0.2, -0.15) is 4.39 Å². The van der Waals surface area contributed by atoms with Gasteiger partial charge in [-0.15, -0.1) is 0 Å². The van der Waals surface area contributed by atoms with E-state index in [-0.39, 0.29) is 5.75 Å². The molecule has 1 aliphatic rings. The van der Waals surface area contributed by atoms with Crippen LogP contribution in [-0.4, -0.2) is 33.0 Å². The summed E-state index contributed by atoms with van der Waals surface area (Å²) in [6.07, 6.45) is 1.71. The monoisotopic (exact) mass is 341 g/mol. The topological polar surface area (TPSA) is 52.1 Å². The lowest BCUT2D eigenvalue weighted by atomic mass is 10.1. The summed E-state index contributed by atoms with van der Waals surface area (Å²) in [5.41, 5.74) is 1.91. The number of benzene rings is 1. The number of nitrogens with one attached hydrogen (secondary N) is 1. The number of aromatic amines is 1. The third-order valence-electron chi connectivity index (χ3n) is 4.37. The first-order valence-electron chi connectivity index (χ1n) is 7.85. The van der Waals surface area contributed by atoms with E-state index < -0.39 is 5.95 Å². The van der Waals surface area contributed by atoms with Crippen molar-refractivity contribution in [2.45, 2.75) is 12.8 Å². The van der Waals surface area contributed by atoms with Crippen molar-refractivity contribution in [2.75, 3.05) is 18.0 Å². The zero-order valence-corrected chi connectivity index (χ0v) is 13.7. The van der Waals surface area contributed by atoms with E-state index in [1.165, 1.54) is 0 Å². The van der Waals surface area contributed by atoms with Crippen molar-refractivity contribution in [1.82, 2.24) is 9.97 Å². The van der Waals surface area contributed by atoms with Crippen molar-refractivity contribution < 1.29 is 9.50 Å². The summed E-state index contributed by atoms with van der Waals surface area (Å²) >= 11 is 5.22. The van der Waals surface area contributed by atoms with E-state index in [2.05, 4.69) is 14.9 Å². The van der Waals surface area contributed by atoms with Crippen molar-refractivity contribution in [2.24, 2.45) is 0 Å². The first-order valence-corrected chi connectivity index (χ1v) is 8.26. The number of piperidine rings is 1. The lowest BCUT2D eigenvalue weighted by Crippen LogP contribution is -2.33. The molecule has 1 fully saturated rings. The Morgan fingerprint density at radius 2 is 1.92 bits per heavy atom. The molecule has 0 amide bonds. The molecule has 2 aromatic heterocycles. The summed E-state index contributed by atoms with van der Waals surface area (Å²) in [6, 6.07) is 10.4. The highest BCUT2D eigenvalue weighted by Gasteiger charge is 2.17. The van der Waals surface area contributed by atoms with Crippen LogP contribution in [0.3, 0.4) is 0 Å². The minimum Gasteiger partial charge on any atom is -0.508 e. The molecule has 0 aliphatic carbocycles. The third kappa shape index (κ3) is 2.73. The van der Waals surface area contributed by atoms with E-state index in [0.717, 1.165) is 41.7 Å². The summed E-state index contributed by atoms with van der Waals surface area (Å²) in [4.78, 5) is 10.4. The molecule has 0 saturated carbocycles. The van der Waals surface area contributed by atoms with E-state index in [9.17, 15) is 9.50 Å². The molecule has 3 aromatic rings. The molecule has 4 nitrogen and oxygen atoms in total. The largest absolute Gasteiger partial charge is 0.508 e. The van der Waals surface area contributed by atoms with Crippen LogP contribution in [0.1, 0.15) is 12.8 Å². The van der Waals surface area contributed by atoms with Crippen LogP contribution in [0.2, 0.25) is 0 Å². The number of nitrogens with zero attached hydrogens (tertiary/aromatic N) is 2. The molecular formula is C18H16FN3OS. The Balaban J connectivity index is 1.67. The van der Waals surface area contributed by atoms with Gasteiger partial charge in [0, 0.05) is 24.0 Å². The average Bonchev–Trinajstić information content (AvgIpc) is 2.98. The summed E-state index contributed by atoms with van der Waals surface area (Å²) in [5.74, 6) is 0.328. The van der Waals surface area contributed by atoms with Crippen molar-refractivity contribution in [3.8, 4) is 17.0 Å². The van der Waals surface area contributed by atoms with Crippen LogP contribution in [0.15, 0.2) is 36.4 Å². The number of rotatable bonds is 2. The minimum absolute atomic E-state index is 0.185. The zero-order valence-electron chi connectivity index (χ0n) is 12.9. The molecule has 0 bridgehead atoms. The number of hydrogen-bond acceptors (Lipinski definition) is 4. The average molecular weight is 341 g/mol. The molecule has 2 N–H and O–H groups in total. The van der Waals surface area contributed by atoms with Crippen LogP contribution in [0.25, 0.3) is 22.2 Å². The van der Waals surface area contributed by atoms with E-state index in [1.807, 2.05) is 12.1 Å². The van der Waals surface area contributed by atoms with Gasteiger partial charge in [-0.3, -0.25) is 0 Å². The van der Waals surface area contributed by atoms with E-state index in [0.29, 0.717) is 17.1 Å². The number of hydrogen-bond donors (Lipinski definition) is 2. The van der Waals surface area contributed by atoms with Crippen LogP contribution < -0.4 is 4.90 Å². The predicted octanol–water partition coefficient (Wildman–Crippen LogP) is 4.04. The standard InChI is InChI=1S/C18H16FN3OS/c19-18-14(16-10-11-9-12(23)1-3-15(11)20-16)2-4-17(21-18)22-7-5-13(24)6-8-22/h1-4,9-10,20,23H,5-8H2. The summed E-state index contributed by atoms with van der Waals surface area (Å²) in [7, 11) is 0. The Bertz CT molecular complexity index is 927. The van der Waals surface area contributed by atoms with Gasteiger partial charge in [0.1, 0.15) is 11.6 Å². The van der Waals surface area contributed by atoms with Gasteiger partial charge in [0.15, 0.2) is 0 Å². The van der Waals surface area contributed by atoms with Crippen molar-refractivity contribution in [3.05, 3.63) is 42.3 Å². The van der Waals surface area contributed by atoms with Gasteiger partial charge in [-0.05, 0) is 54.1 Å². The van der Waals surface area contributed by atoms with Gasteiger partial charge >= 0.3 is 0 Å². The second-order valence-corrected chi connectivity index (χ2v) is 6.57. The van der Waals surface area contributed by atoms with Crippen molar-refractivity contribution in [1.29, 1.82) is 0 Å². The molecular weight excluding hydrogens is 325 g/mol. The van der Waals surface area contributed by atoms with Gasteiger partial charge in [0.25, 0.3) is 0 Å². The van der Waals surface area contributed by atoms with E-state index in [1.54, 1.807) is 24.3 Å².